The van der Waals surface area contributed by atoms with Crippen LogP contribution < -0.4 is 10.5 Å². The Labute approximate surface area is 134 Å². The molecule has 0 spiro atoms. The highest BCUT2D eigenvalue weighted by molar-refractivity contribution is 7.99. The molecule has 3 rings (SSSR count). The van der Waals surface area contributed by atoms with E-state index >= 15 is 0 Å². The Morgan fingerprint density at radius 3 is 2.59 bits per heavy atom. The van der Waals surface area contributed by atoms with Gasteiger partial charge < -0.3 is 15.0 Å². The second-order valence-electron chi connectivity index (χ2n) is 5.76. The van der Waals surface area contributed by atoms with E-state index < -0.39 is 5.54 Å². The molecule has 118 valence electrons. The van der Waals surface area contributed by atoms with Crippen molar-refractivity contribution < 1.29 is 9.26 Å². The lowest BCUT2D eigenvalue weighted by Crippen LogP contribution is -2.34. The number of thioether (sulfide) groups is 1. The van der Waals surface area contributed by atoms with Crippen LogP contribution in [0.15, 0.2) is 33.7 Å². The molecule has 0 amide bonds. The lowest BCUT2D eigenvalue weighted by Gasteiger charge is -2.17. The van der Waals surface area contributed by atoms with Crippen LogP contribution >= 0.6 is 11.8 Å². The van der Waals surface area contributed by atoms with Crippen molar-refractivity contribution in [2.45, 2.75) is 48.3 Å². The van der Waals surface area contributed by atoms with E-state index in [1.807, 2.05) is 24.3 Å². The van der Waals surface area contributed by atoms with E-state index in [0.717, 1.165) is 36.3 Å². The maximum Gasteiger partial charge on any atom is 0.239 e. The second kappa shape index (κ2) is 6.30. The Balaban J connectivity index is 1.69. The predicted octanol–water partition coefficient (Wildman–Crippen LogP) is 3.66. The van der Waals surface area contributed by atoms with Gasteiger partial charge in [0.25, 0.3) is 0 Å². The van der Waals surface area contributed by atoms with Crippen LogP contribution in [-0.2, 0) is 5.54 Å². The van der Waals surface area contributed by atoms with Gasteiger partial charge in [0.05, 0.1) is 17.9 Å². The summed E-state index contributed by atoms with van der Waals surface area (Å²) in [6.07, 6.45) is 4.14. The molecular weight excluding hydrogens is 298 g/mol. The van der Waals surface area contributed by atoms with E-state index in [4.69, 9.17) is 15.0 Å². The molecule has 2 aromatic rings. The van der Waals surface area contributed by atoms with Crippen LogP contribution in [0, 0.1) is 0 Å². The van der Waals surface area contributed by atoms with Gasteiger partial charge in [-0.05, 0) is 44.0 Å². The summed E-state index contributed by atoms with van der Waals surface area (Å²) in [5, 5.41) is 4.20. The van der Waals surface area contributed by atoms with Crippen LogP contribution in [-0.4, -0.2) is 17.3 Å². The fourth-order valence-corrected chi connectivity index (χ4v) is 3.64. The van der Waals surface area contributed by atoms with Crippen molar-refractivity contribution in [2.75, 3.05) is 7.11 Å². The van der Waals surface area contributed by atoms with Crippen LogP contribution in [0.3, 0.4) is 0 Å². The smallest absolute Gasteiger partial charge is 0.239 e. The summed E-state index contributed by atoms with van der Waals surface area (Å²) in [5.41, 5.74) is 5.98. The fraction of sp³-hybridized carbons (Fsp3) is 0.500. The van der Waals surface area contributed by atoms with Gasteiger partial charge >= 0.3 is 0 Å². The van der Waals surface area contributed by atoms with E-state index in [2.05, 4.69) is 17.1 Å². The van der Waals surface area contributed by atoms with Crippen LogP contribution in [0.1, 0.15) is 49.6 Å². The van der Waals surface area contributed by atoms with Gasteiger partial charge in [-0.2, -0.15) is 4.98 Å². The monoisotopic (exact) mass is 319 g/mol. The summed E-state index contributed by atoms with van der Waals surface area (Å²) in [6, 6.07) is 7.95. The Bertz CT molecular complexity index is 621. The van der Waals surface area contributed by atoms with Crippen molar-refractivity contribution in [1.29, 1.82) is 0 Å². The zero-order valence-electron chi connectivity index (χ0n) is 12.9. The van der Waals surface area contributed by atoms with Gasteiger partial charge in [0, 0.05) is 4.90 Å². The van der Waals surface area contributed by atoms with Crippen LogP contribution in [0.25, 0.3) is 0 Å². The normalized spacial score (nSPS) is 18.3. The topological polar surface area (TPSA) is 74.2 Å². The molecule has 1 atom stereocenters. The maximum absolute atomic E-state index is 6.37. The van der Waals surface area contributed by atoms with E-state index in [-0.39, 0.29) is 5.25 Å². The third-order valence-corrected chi connectivity index (χ3v) is 5.20. The van der Waals surface area contributed by atoms with E-state index in [0.29, 0.717) is 11.7 Å². The molecule has 5 nitrogen and oxygen atoms in total. The van der Waals surface area contributed by atoms with Gasteiger partial charge in [-0.15, -0.1) is 11.8 Å². The molecule has 22 heavy (non-hydrogen) atoms. The SMILES string of the molecule is COc1ccc(SC(C)c2nc(C3(N)CCCC3)no2)cc1. The summed E-state index contributed by atoms with van der Waals surface area (Å²) in [5.74, 6) is 2.14. The average molecular weight is 319 g/mol. The second-order valence-corrected chi connectivity index (χ2v) is 7.17. The lowest BCUT2D eigenvalue weighted by molar-refractivity contribution is 0.349. The van der Waals surface area contributed by atoms with E-state index in [1.54, 1.807) is 18.9 Å². The first kappa shape index (κ1) is 15.4. The molecule has 1 aliphatic carbocycles. The van der Waals surface area contributed by atoms with Gasteiger partial charge in [-0.3, -0.25) is 0 Å². The number of nitrogens with zero attached hydrogens (tertiary/aromatic N) is 2. The van der Waals surface area contributed by atoms with Crippen molar-refractivity contribution in [3.05, 3.63) is 36.0 Å². The quantitative estimate of drug-likeness (QED) is 0.848. The predicted molar refractivity (Wildman–Crippen MR) is 85.9 cm³/mol. The summed E-state index contributed by atoms with van der Waals surface area (Å²) in [6.45, 7) is 2.06. The highest BCUT2D eigenvalue weighted by atomic mass is 32.2. The van der Waals surface area contributed by atoms with Gasteiger partial charge in [-0.1, -0.05) is 18.0 Å². The van der Waals surface area contributed by atoms with Crippen molar-refractivity contribution in [2.24, 2.45) is 5.73 Å². The largest absolute Gasteiger partial charge is 0.497 e. The van der Waals surface area contributed by atoms with Gasteiger partial charge in [0.2, 0.25) is 5.89 Å². The van der Waals surface area contributed by atoms with Crippen LogP contribution in [0.2, 0.25) is 0 Å². The molecule has 0 radical (unpaired) electrons. The average Bonchev–Trinajstić information content (AvgIpc) is 3.18. The summed E-state index contributed by atoms with van der Waals surface area (Å²) in [4.78, 5) is 5.68. The summed E-state index contributed by atoms with van der Waals surface area (Å²) in [7, 11) is 1.66. The summed E-state index contributed by atoms with van der Waals surface area (Å²) < 4.78 is 10.6. The molecule has 0 bridgehead atoms. The minimum atomic E-state index is -0.397. The van der Waals surface area contributed by atoms with Gasteiger partial charge in [-0.25, -0.2) is 0 Å². The highest BCUT2D eigenvalue weighted by Gasteiger charge is 2.36. The molecule has 6 heteroatoms. The van der Waals surface area contributed by atoms with E-state index in [1.165, 1.54) is 0 Å². The van der Waals surface area contributed by atoms with Crippen molar-refractivity contribution in [3.63, 3.8) is 0 Å². The van der Waals surface area contributed by atoms with Crippen molar-refractivity contribution in [3.8, 4) is 5.75 Å². The fourth-order valence-electron chi connectivity index (χ4n) is 2.74. The zero-order chi connectivity index (χ0) is 15.6. The first-order valence-corrected chi connectivity index (χ1v) is 8.42. The Kier molecular flexibility index (Phi) is 4.40. The minimum absolute atomic E-state index is 0.0830. The van der Waals surface area contributed by atoms with E-state index in [9.17, 15) is 0 Å². The molecule has 1 aliphatic rings. The Morgan fingerprint density at radius 2 is 1.95 bits per heavy atom. The number of benzene rings is 1. The van der Waals surface area contributed by atoms with Crippen LogP contribution in [0.4, 0.5) is 0 Å². The van der Waals surface area contributed by atoms with Crippen LogP contribution in [0.5, 0.6) is 5.75 Å². The number of nitrogens with two attached hydrogens (primary N) is 1. The molecule has 1 fully saturated rings. The lowest BCUT2D eigenvalue weighted by atomic mass is 9.99. The minimum Gasteiger partial charge on any atom is -0.497 e. The molecule has 1 aromatic heterocycles. The number of ether oxygens (including phenoxy) is 1. The molecule has 1 aromatic carbocycles. The third kappa shape index (κ3) is 3.13. The third-order valence-electron chi connectivity index (χ3n) is 4.10. The summed E-state index contributed by atoms with van der Waals surface area (Å²) >= 11 is 1.68. The molecule has 1 heterocycles. The zero-order valence-corrected chi connectivity index (χ0v) is 13.7. The molecule has 1 saturated carbocycles. The van der Waals surface area contributed by atoms with Gasteiger partial charge in [0.15, 0.2) is 5.82 Å². The van der Waals surface area contributed by atoms with Crippen molar-refractivity contribution in [1.82, 2.24) is 10.1 Å². The number of hydrogen-bond donors (Lipinski definition) is 1. The highest BCUT2D eigenvalue weighted by Crippen LogP contribution is 2.38. The molecular formula is C16H21N3O2S. The number of rotatable bonds is 5. The first-order chi connectivity index (χ1) is 10.6. The number of methoxy groups -OCH3 is 1. The Hall–Kier alpha value is -1.53. The molecule has 0 saturated heterocycles. The number of hydrogen-bond acceptors (Lipinski definition) is 6. The Morgan fingerprint density at radius 1 is 1.27 bits per heavy atom. The van der Waals surface area contributed by atoms with Gasteiger partial charge in [0.1, 0.15) is 5.75 Å². The standard InChI is InChI=1S/C16H21N3O2S/c1-11(22-13-7-5-12(20-2)6-8-13)14-18-15(19-21-14)16(17)9-3-4-10-16/h5-8,11H,3-4,9-10,17H2,1-2H3. The van der Waals surface area contributed by atoms with Crippen molar-refractivity contribution >= 4 is 11.8 Å². The maximum atomic E-state index is 6.37. The number of aromatic nitrogens is 2. The molecule has 0 aliphatic heterocycles. The first-order valence-electron chi connectivity index (χ1n) is 7.54. The molecule has 2 N–H and O–H groups in total. The molecule has 1 unspecified atom stereocenters.